The summed E-state index contributed by atoms with van der Waals surface area (Å²) >= 11 is 0. The fourth-order valence-electron chi connectivity index (χ4n) is 8.77. The lowest BCUT2D eigenvalue weighted by Crippen LogP contribution is -2.46. The maximum absolute atomic E-state index is 14.9. The number of aromatic amines is 1. The number of hydrogen-bond donors (Lipinski definition) is 4. The van der Waals surface area contributed by atoms with Crippen molar-refractivity contribution in [3.8, 4) is 0 Å². The molecule has 3 aromatic carbocycles. The zero-order valence-electron chi connectivity index (χ0n) is 29.4. The van der Waals surface area contributed by atoms with Gasteiger partial charge in [0, 0.05) is 58.5 Å². The number of benzene rings is 3. The van der Waals surface area contributed by atoms with E-state index in [0.29, 0.717) is 35.5 Å². The van der Waals surface area contributed by atoms with E-state index >= 15 is 0 Å². The van der Waals surface area contributed by atoms with E-state index in [9.17, 15) is 34.4 Å². The first kappa shape index (κ1) is 35.5. The molecule has 0 radical (unpaired) electrons. The predicted molar refractivity (Wildman–Crippen MR) is 197 cm³/mol. The smallest absolute Gasteiger partial charge is 0.269 e. The van der Waals surface area contributed by atoms with Gasteiger partial charge in [-0.1, -0.05) is 37.3 Å². The zero-order chi connectivity index (χ0) is 36.9. The molecule has 4 N–H and O–H groups in total. The molecule has 52 heavy (non-hydrogen) atoms. The number of carbonyl (C=O) groups is 3. The molecule has 0 saturated carbocycles. The van der Waals surface area contributed by atoms with Crippen molar-refractivity contribution in [3.63, 3.8) is 0 Å². The molecule has 1 spiro atoms. The average Bonchev–Trinajstić information content (AvgIpc) is 3.86. The van der Waals surface area contributed by atoms with Crippen LogP contribution in [0.3, 0.4) is 0 Å². The Morgan fingerprint density at radius 1 is 1.13 bits per heavy atom. The van der Waals surface area contributed by atoms with Crippen LogP contribution >= 0.6 is 0 Å². The van der Waals surface area contributed by atoms with E-state index in [2.05, 4.69) is 10.3 Å². The van der Waals surface area contributed by atoms with Crippen LogP contribution in [-0.4, -0.2) is 76.0 Å². The van der Waals surface area contributed by atoms with E-state index in [1.807, 2.05) is 43.5 Å². The molecule has 2 fully saturated rings. The summed E-state index contributed by atoms with van der Waals surface area (Å²) in [4.78, 5) is 71.1. The second-order valence-electron chi connectivity index (χ2n) is 14.8. The van der Waals surface area contributed by atoms with Crippen molar-refractivity contribution < 1.29 is 33.9 Å². The third kappa shape index (κ3) is 6.19. The Kier molecular flexibility index (Phi) is 9.27. The molecule has 2 saturated heterocycles. The minimum Gasteiger partial charge on any atom is -0.432 e. The Bertz CT molecular complexity index is 2060. The summed E-state index contributed by atoms with van der Waals surface area (Å²) in [6.07, 6.45) is 2.52. The van der Waals surface area contributed by atoms with Gasteiger partial charge in [-0.3, -0.25) is 24.5 Å². The number of hydrogen-bond acceptors (Lipinski definition) is 8. The van der Waals surface area contributed by atoms with Crippen molar-refractivity contribution in [2.45, 2.75) is 75.5 Å². The number of carbonyl (C=O) groups excluding carboxylic acids is 3. The van der Waals surface area contributed by atoms with E-state index in [1.165, 1.54) is 17.0 Å². The highest BCUT2D eigenvalue weighted by Gasteiger charge is 2.66. The molecule has 13 nitrogen and oxygen atoms in total. The molecular formula is C38H43N5O8Si. The summed E-state index contributed by atoms with van der Waals surface area (Å²) in [5.41, 5.74) is 1.39. The van der Waals surface area contributed by atoms with Gasteiger partial charge in [0.15, 0.2) is 13.9 Å². The van der Waals surface area contributed by atoms with Crippen molar-refractivity contribution in [2.75, 3.05) is 23.4 Å². The van der Waals surface area contributed by atoms with Crippen LogP contribution in [0.15, 0.2) is 72.9 Å². The van der Waals surface area contributed by atoms with Gasteiger partial charge in [0.25, 0.3) is 11.6 Å². The van der Waals surface area contributed by atoms with E-state index in [4.69, 9.17) is 4.74 Å². The first-order valence-electron chi connectivity index (χ1n) is 17.7. The second-order valence-corrected chi connectivity index (χ2v) is 18.7. The van der Waals surface area contributed by atoms with Gasteiger partial charge in [-0.25, -0.2) is 0 Å². The number of H-pyrrole nitrogens is 1. The van der Waals surface area contributed by atoms with Gasteiger partial charge in [-0.2, -0.15) is 0 Å². The largest absolute Gasteiger partial charge is 0.432 e. The molecule has 5 atom stereocenters. The van der Waals surface area contributed by atoms with E-state index in [0.717, 1.165) is 22.9 Å². The number of fused-ring (bicyclic) bond motifs is 3. The van der Waals surface area contributed by atoms with Gasteiger partial charge >= 0.3 is 0 Å². The van der Waals surface area contributed by atoms with Crippen LogP contribution in [-0.2, 0) is 37.7 Å². The second kappa shape index (κ2) is 13.6. The number of non-ortho nitro benzene ring substituents is 1. The fourth-order valence-corrected chi connectivity index (χ4v) is 11.3. The molecule has 1 aromatic heterocycles. The number of aliphatic hydroxyl groups is 1. The summed E-state index contributed by atoms with van der Waals surface area (Å²) in [6, 6.07) is 18.9. The Balaban J connectivity index is 1.18. The summed E-state index contributed by atoms with van der Waals surface area (Å²) in [6.45, 7) is 5.76. The number of nitro benzene ring substituents is 1. The maximum atomic E-state index is 14.9. The van der Waals surface area contributed by atoms with Crippen molar-refractivity contribution in [2.24, 2.45) is 5.92 Å². The van der Waals surface area contributed by atoms with Crippen LogP contribution < -0.4 is 10.2 Å². The van der Waals surface area contributed by atoms with Gasteiger partial charge in [-0.05, 0) is 61.3 Å². The lowest BCUT2D eigenvalue weighted by molar-refractivity contribution is -0.385. The number of ether oxygens (including phenoxy) is 1. The molecule has 4 aromatic rings. The Morgan fingerprint density at radius 3 is 2.67 bits per heavy atom. The third-order valence-corrected chi connectivity index (χ3v) is 13.5. The monoisotopic (exact) mass is 725 g/mol. The number of nitro groups is 1. The Morgan fingerprint density at radius 2 is 1.92 bits per heavy atom. The number of likely N-dealkylation sites (tertiary alicyclic amines) is 1. The molecule has 272 valence electrons. The molecule has 0 unspecified atom stereocenters. The number of aromatic nitrogens is 1. The van der Waals surface area contributed by atoms with Crippen molar-refractivity contribution in [1.29, 1.82) is 0 Å². The molecule has 14 heteroatoms. The number of anilines is 2. The highest BCUT2D eigenvalue weighted by molar-refractivity contribution is 6.71. The molecular weight excluding hydrogens is 683 g/mol. The van der Waals surface area contributed by atoms with Gasteiger partial charge in [0.05, 0.1) is 48.7 Å². The van der Waals surface area contributed by atoms with Gasteiger partial charge in [-0.15, -0.1) is 0 Å². The Labute approximate surface area is 301 Å². The van der Waals surface area contributed by atoms with Crippen molar-refractivity contribution in [3.05, 3.63) is 99.7 Å². The van der Waals surface area contributed by atoms with Crippen LogP contribution in [0.2, 0.25) is 18.6 Å². The number of aliphatic hydroxyl groups excluding tert-OH is 1. The van der Waals surface area contributed by atoms with Crippen LogP contribution in [0.4, 0.5) is 17.1 Å². The quantitative estimate of drug-likeness (QED) is 0.101. The Hall–Kier alpha value is -4.89. The van der Waals surface area contributed by atoms with E-state index in [-0.39, 0.29) is 49.5 Å². The van der Waals surface area contributed by atoms with Crippen molar-refractivity contribution >= 4 is 54.0 Å². The molecule has 4 heterocycles. The molecule has 0 aliphatic carbocycles. The van der Waals surface area contributed by atoms with E-state index < -0.39 is 42.3 Å². The minimum absolute atomic E-state index is 0.0772. The van der Waals surface area contributed by atoms with Gasteiger partial charge in [0.1, 0.15) is 0 Å². The number of nitrogens with zero attached hydrogens (tertiary/aromatic N) is 3. The van der Waals surface area contributed by atoms with Gasteiger partial charge < -0.3 is 34.7 Å². The molecule has 7 rings (SSSR count). The first-order valence-corrected chi connectivity index (χ1v) is 20.7. The number of amides is 3. The van der Waals surface area contributed by atoms with E-state index in [1.54, 1.807) is 42.3 Å². The summed E-state index contributed by atoms with van der Waals surface area (Å²) in [7, 11) is -3.11. The molecule has 3 amide bonds. The van der Waals surface area contributed by atoms with Crippen LogP contribution in [0, 0.1) is 16.0 Å². The van der Waals surface area contributed by atoms with Crippen LogP contribution in [0.25, 0.3) is 10.9 Å². The van der Waals surface area contributed by atoms with Crippen LogP contribution in [0.1, 0.15) is 42.9 Å². The molecule has 3 aliphatic rings. The first-order chi connectivity index (χ1) is 24.8. The standard InChI is InChI=1S/C38H43N5O8Si/c1-23-36(52(2,3)50)33(19-35(46)41-15-7-10-28(41)22-44)51-38(23)30-18-27(43(48)49)13-14-32(30)42(37(38)47)21-24-8-6-9-26(16-24)40-34(45)17-25-20-39-31-12-5-4-11-29(25)31/h4-6,8-9,11-14,16,18,20,23,28,33,36,39,44,50H,7,10,15,17,19,21-22H2,1-3H3,(H,40,45)/t23-,28-,33+,36-,38+/m0/s1. The SMILES string of the molecule is C[C@H]1[C@H]([Si](C)(C)O)[C@@H](CC(=O)N2CCC[C@H]2CO)O[C@]12C(=O)N(Cc1cccc(NC(=O)Cc3c[nH]c4ccccc34)c1)c1ccc([N+](=O)[O-])cc12. The average molecular weight is 726 g/mol. The summed E-state index contributed by atoms with van der Waals surface area (Å²) < 4.78 is 6.75. The lowest BCUT2D eigenvalue weighted by atomic mass is 9.82. The maximum Gasteiger partial charge on any atom is 0.269 e. The number of nitrogens with one attached hydrogen (secondary N) is 2. The minimum atomic E-state index is -3.11. The van der Waals surface area contributed by atoms with Crippen LogP contribution in [0.5, 0.6) is 0 Å². The summed E-state index contributed by atoms with van der Waals surface area (Å²) in [5, 5.41) is 25.8. The number of rotatable bonds is 10. The molecule has 3 aliphatic heterocycles. The van der Waals surface area contributed by atoms with Crippen molar-refractivity contribution in [1.82, 2.24) is 9.88 Å². The lowest BCUT2D eigenvalue weighted by Gasteiger charge is -2.32. The number of para-hydroxylation sites is 1. The highest BCUT2D eigenvalue weighted by Crippen LogP contribution is 2.60. The fraction of sp³-hybridized carbons (Fsp3) is 0.395. The van der Waals surface area contributed by atoms with Gasteiger partial charge in [0.2, 0.25) is 11.8 Å². The summed E-state index contributed by atoms with van der Waals surface area (Å²) in [5.74, 6) is -1.49. The topological polar surface area (TPSA) is 178 Å². The predicted octanol–water partition coefficient (Wildman–Crippen LogP) is 4.98. The zero-order valence-corrected chi connectivity index (χ0v) is 30.4. The normalized spacial score (nSPS) is 24.2. The third-order valence-electron chi connectivity index (χ3n) is 11.0. The molecule has 0 bridgehead atoms. The highest BCUT2D eigenvalue weighted by atomic mass is 28.4.